The highest BCUT2D eigenvalue weighted by molar-refractivity contribution is 7.15. The largest absolute Gasteiger partial charge is 0.451 e. The zero-order chi connectivity index (χ0) is 27.6. The number of nitrogens with zero attached hydrogens (tertiary/aromatic N) is 4. The first-order chi connectivity index (χ1) is 18.6. The van der Waals surface area contributed by atoms with Gasteiger partial charge in [0.2, 0.25) is 11.9 Å². The van der Waals surface area contributed by atoms with Crippen molar-refractivity contribution in [2.75, 3.05) is 5.32 Å². The molecule has 0 radical (unpaired) electrons. The summed E-state index contributed by atoms with van der Waals surface area (Å²) in [6.07, 6.45) is 2.78. The summed E-state index contributed by atoms with van der Waals surface area (Å²) in [5.74, 6) is -0.452. The van der Waals surface area contributed by atoms with Crippen molar-refractivity contribution < 1.29 is 27.5 Å². The highest BCUT2D eigenvalue weighted by atomic mass is 32.1. The minimum Gasteiger partial charge on any atom is -0.451 e. The molecule has 1 fully saturated rings. The second-order valence-corrected chi connectivity index (χ2v) is 10.5. The SMILES string of the molecule is Cc1cc(Nc2nccc(C(F)(F)F)n2)cc(-c2cnc([C@]3(O)CC[C@H](C(=O)NCc4cocn4)CC3)s2)c1. The smallest absolute Gasteiger partial charge is 0.433 e. The van der Waals surface area contributed by atoms with E-state index in [-0.39, 0.29) is 17.8 Å². The van der Waals surface area contributed by atoms with Gasteiger partial charge in [-0.15, -0.1) is 11.3 Å². The predicted molar refractivity (Wildman–Crippen MR) is 137 cm³/mol. The number of anilines is 2. The number of carbonyl (C=O) groups is 1. The van der Waals surface area contributed by atoms with E-state index in [1.165, 1.54) is 24.0 Å². The topological polar surface area (TPSA) is 126 Å². The molecule has 5 rings (SSSR count). The number of amides is 1. The van der Waals surface area contributed by atoms with Crippen LogP contribution in [0.3, 0.4) is 0 Å². The number of aromatic nitrogens is 4. The number of aliphatic hydroxyl groups is 1. The van der Waals surface area contributed by atoms with Crippen LogP contribution in [-0.4, -0.2) is 30.9 Å². The quantitative estimate of drug-likeness (QED) is 0.277. The van der Waals surface area contributed by atoms with Crippen molar-refractivity contribution in [1.29, 1.82) is 0 Å². The number of nitrogens with one attached hydrogen (secondary N) is 2. The number of hydrogen-bond donors (Lipinski definition) is 3. The van der Waals surface area contributed by atoms with E-state index in [0.29, 0.717) is 48.6 Å². The van der Waals surface area contributed by atoms with E-state index in [4.69, 9.17) is 4.42 Å². The summed E-state index contributed by atoms with van der Waals surface area (Å²) in [4.78, 5) is 29.3. The van der Waals surface area contributed by atoms with Crippen molar-refractivity contribution in [3.63, 3.8) is 0 Å². The average molecular weight is 559 g/mol. The van der Waals surface area contributed by atoms with Gasteiger partial charge in [-0.05, 0) is 61.9 Å². The lowest BCUT2D eigenvalue weighted by Gasteiger charge is -2.33. The van der Waals surface area contributed by atoms with E-state index in [2.05, 4.69) is 30.6 Å². The molecular weight excluding hydrogens is 533 g/mol. The first kappa shape index (κ1) is 26.8. The highest BCUT2D eigenvalue weighted by Gasteiger charge is 2.39. The Hall–Kier alpha value is -3.84. The van der Waals surface area contributed by atoms with Crippen molar-refractivity contribution in [2.45, 2.75) is 50.9 Å². The maximum absolute atomic E-state index is 13.0. The summed E-state index contributed by atoms with van der Waals surface area (Å²) in [5, 5.41) is 17.6. The molecule has 4 aromatic rings. The van der Waals surface area contributed by atoms with Gasteiger partial charge in [0.05, 0.1) is 17.1 Å². The van der Waals surface area contributed by atoms with Crippen molar-refractivity contribution in [1.82, 2.24) is 25.3 Å². The van der Waals surface area contributed by atoms with Crippen LogP contribution in [0.25, 0.3) is 10.4 Å². The standard InChI is InChI=1S/C26H25F3N6O3S/c1-15-8-17(10-18(9-15)34-24-30-7-4-21(35-24)26(27,28)29)20-12-32-23(39-20)25(37)5-2-16(3-6-25)22(36)31-11-19-13-38-14-33-19/h4,7-10,12-14,16,37H,2-3,5-6,11H2,1H3,(H,31,36)(H,30,34,35)/t16-,25-. The number of hydrogen-bond acceptors (Lipinski definition) is 9. The molecule has 1 saturated carbocycles. The molecular formula is C26H25F3N6O3S. The summed E-state index contributed by atoms with van der Waals surface area (Å²) in [7, 11) is 0. The number of benzene rings is 1. The molecule has 1 aromatic carbocycles. The Kier molecular flexibility index (Phi) is 7.36. The number of oxazole rings is 1. The third kappa shape index (κ3) is 6.25. The van der Waals surface area contributed by atoms with Gasteiger partial charge < -0.3 is 20.2 Å². The summed E-state index contributed by atoms with van der Waals surface area (Å²) in [6, 6.07) is 6.29. The molecule has 3 aromatic heterocycles. The van der Waals surface area contributed by atoms with E-state index in [1.54, 1.807) is 18.3 Å². The molecule has 0 spiro atoms. The lowest BCUT2D eigenvalue weighted by atomic mass is 9.78. The van der Waals surface area contributed by atoms with Crippen LogP contribution in [0, 0.1) is 12.8 Å². The van der Waals surface area contributed by atoms with Crippen molar-refractivity contribution >= 4 is 28.9 Å². The molecule has 0 saturated heterocycles. The number of aryl methyl sites for hydroxylation is 1. The summed E-state index contributed by atoms with van der Waals surface area (Å²) >= 11 is 1.35. The Morgan fingerprint density at radius 1 is 1.21 bits per heavy atom. The molecule has 0 aliphatic heterocycles. The first-order valence-corrected chi connectivity index (χ1v) is 13.0. The molecule has 204 valence electrons. The number of alkyl halides is 3. The van der Waals surface area contributed by atoms with Gasteiger partial charge in [0.25, 0.3) is 0 Å². The van der Waals surface area contributed by atoms with Crippen molar-refractivity contribution in [3.8, 4) is 10.4 Å². The molecule has 39 heavy (non-hydrogen) atoms. The molecule has 1 aliphatic carbocycles. The van der Waals surface area contributed by atoms with Crippen LogP contribution in [0.1, 0.15) is 47.6 Å². The predicted octanol–water partition coefficient (Wildman–Crippen LogP) is 5.35. The van der Waals surface area contributed by atoms with Gasteiger partial charge in [0.15, 0.2) is 6.39 Å². The van der Waals surface area contributed by atoms with Crippen LogP contribution >= 0.6 is 11.3 Å². The number of thiazole rings is 1. The molecule has 1 amide bonds. The maximum Gasteiger partial charge on any atom is 0.433 e. The van der Waals surface area contributed by atoms with Crippen LogP contribution < -0.4 is 10.6 Å². The molecule has 0 bridgehead atoms. The average Bonchev–Trinajstić information content (AvgIpc) is 3.60. The second kappa shape index (κ2) is 10.7. The zero-order valence-corrected chi connectivity index (χ0v) is 21.6. The fourth-order valence-electron chi connectivity index (χ4n) is 4.54. The van der Waals surface area contributed by atoms with Crippen LogP contribution in [0.5, 0.6) is 0 Å². The van der Waals surface area contributed by atoms with Gasteiger partial charge in [-0.25, -0.2) is 19.9 Å². The molecule has 3 heterocycles. The lowest BCUT2D eigenvalue weighted by Crippen LogP contribution is -2.38. The highest BCUT2D eigenvalue weighted by Crippen LogP contribution is 2.43. The van der Waals surface area contributed by atoms with Gasteiger partial charge in [-0.1, -0.05) is 6.07 Å². The number of carbonyl (C=O) groups excluding carboxylic acids is 1. The van der Waals surface area contributed by atoms with Crippen LogP contribution in [-0.2, 0) is 23.1 Å². The molecule has 0 atom stereocenters. The molecule has 3 N–H and O–H groups in total. The van der Waals surface area contributed by atoms with E-state index in [9.17, 15) is 23.1 Å². The van der Waals surface area contributed by atoms with E-state index in [0.717, 1.165) is 28.3 Å². The number of halogens is 3. The molecule has 9 nitrogen and oxygen atoms in total. The Morgan fingerprint density at radius 2 is 2.00 bits per heavy atom. The van der Waals surface area contributed by atoms with E-state index in [1.807, 2.05) is 13.0 Å². The third-order valence-electron chi connectivity index (χ3n) is 6.58. The second-order valence-electron chi connectivity index (χ2n) is 9.51. The molecule has 13 heteroatoms. The Labute approximate surface area is 225 Å². The van der Waals surface area contributed by atoms with Crippen LogP contribution in [0.4, 0.5) is 24.8 Å². The minimum atomic E-state index is -4.57. The fourth-order valence-corrected chi connectivity index (χ4v) is 5.59. The van der Waals surface area contributed by atoms with Crippen LogP contribution in [0.15, 0.2) is 53.7 Å². The molecule has 1 aliphatic rings. The van der Waals surface area contributed by atoms with Gasteiger partial charge >= 0.3 is 6.18 Å². The minimum absolute atomic E-state index is 0.0792. The van der Waals surface area contributed by atoms with Crippen molar-refractivity contribution in [3.05, 3.63) is 71.3 Å². The lowest BCUT2D eigenvalue weighted by molar-refractivity contribution is -0.141. The Balaban J connectivity index is 1.25. The normalized spacial score (nSPS) is 19.6. The zero-order valence-electron chi connectivity index (χ0n) is 20.8. The number of rotatable bonds is 7. The van der Waals surface area contributed by atoms with Gasteiger partial charge in [0.1, 0.15) is 22.6 Å². The monoisotopic (exact) mass is 558 g/mol. The van der Waals surface area contributed by atoms with E-state index < -0.39 is 17.5 Å². The first-order valence-electron chi connectivity index (χ1n) is 12.2. The molecule has 0 unspecified atom stereocenters. The maximum atomic E-state index is 13.0. The third-order valence-corrected chi connectivity index (χ3v) is 7.82. The van der Waals surface area contributed by atoms with E-state index >= 15 is 0 Å². The summed E-state index contributed by atoms with van der Waals surface area (Å²) in [6.45, 7) is 2.16. The Bertz CT molecular complexity index is 1450. The van der Waals surface area contributed by atoms with Gasteiger partial charge in [-0.3, -0.25) is 4.79 Å². The van der Waals surface area contributed by atoms with Gasteiger partial charge in [0, 0.05) is 24.0 Å². The summed E-state index contributed by atoms with van der Waals surface area (Å²) < 4.78 is 44.0. The van der Waals surface area contributed by atoms with Gasteiger partial charge in [-0.2, -0.15) is 13.2 Å². The summed E-state index contributed by atoms with van der Waals surface area (Å²) in [5.41, 5.74) is 0.654. The van der Waals surface area contributed by atoms with Crippen LogP contribution in [0.2, 0.25) is 0 Å². The van der Waals surface area contributed by atoms with Crippen molar-refractivity contribution in [2.24, 2.45) is 5.92 Å². The fraction of sp³-hybridized carbons (Fsp3) is 0.346. The Morgan fingerprint density at radius 3 is 2.72 bits per heavy atom.